The quantitative estimate of drug-likeness (QED) is 0.829. The Morgan fingerprint density at radius 3 is 2.60 bits per heavy atom. The zero-order valence-corrected chi connectivity index (χ0v) is 10.0. The minimum absolute atomic E-state index is 0.854. The number of benzene rings is 1. The van der Waals surface area contributed by atoms with Gasteiger partial charge in [0.2, 0.25) is 0 Å². The number of halogens is 1. The van der Waals surface area contributed by atoms with E-state index in [1.807, 2.05) is 36.5 Å². The maximum atomic E-state index is 4.50. The van der Waals surface area contributed by atoms with E-state index >= 15 is 0 Å². The average molecular weight is 263 g/mol. The minimum Gasteiger partial charge on any atom is -0.240 e. The predicted octanol–water partition coefficient (Wildman–Crippen LogP) is 3.47. The summed E-state index contributed by atoms with van der Waals surface area (Å²) in [5.41, 5.74) is 2.07. The molecule has 0 atom stereocenters. The molecule has 1 aromatic heterocycles. The standard InChI is InChI=1S/C12H11BrN2/c1-2-11-14-8-10(13)12(15-11)9-6-4-3-5-7-9/h3-8H,2H2,1H3. The van der Waals surface area contributed by atoms with Gasteiger partial charge in [-0.2, -0.15) is 0 Å². The molecule has 76 valence electrons. The molecule has 1 aromatic carbocycles. The fraction of sp³-hybridized carbons (Fsp3) is 0.167. The number of aryl methyl sites for hydroxylation is 1. The number of hydrogen-bond acceptors (Lipinski definition) is 2. The fourth-order valence-electron chi connectivity index (χ4n) is 1.37. The van der Waals surface area contributed by atoms with E-state index in [2.05, 4.69) is 32.8 Å². The molecule has 0 bridgehead atoms. The first-order valence-electron chi connectivity index (χ1n) is 4.88. The molecular formula is C12H11BrN2. The third kappa shape index (κ3) is 2.23. The number of aromatic nitrogens is 2. The lowest BCUT2D eigenvalue weighted by Crippen LogP contribution is -1.95. The first-order chi connectivity index (χ1) is 7.31. The van der Waals surface area contributed by atoms with Gasteiger partial charge in [-0.05, 0) is 15.9 Å². The minimum atomic E-state index is 0.854. The molecule has 0 saturated carbocycles. The Hall–Kier alpha value is -1.22. The molecule has 0 saturated heterocycles. The highest BCUT2D eigenvalue weighted by atomic mass is 79.9. The van der Waals surface area contributed by atoms with Crippen molar-refractivity contribution in [2.24, 2.45) is 0 Å². The van der Waals surface area contributed by atoms with Crippen LogP contribution in [0.2, 0.25) is 0 Å². The van der Waals surface area contributed by atoms with Crippen molar-refractivity contribution < 1.29 is 0 Å². The van der Waals surface area contributed by atoms with Gasteiger partial charge in [0.05, 0.1) is 10.2 Å². The van der Waals surface area contributed by atoms with Crippen LogP contribution in [-0.4, -0.2) is 9.97 Å². The molecule has 0 aliphatic carbocycles. The molecule has 0 spiro atoms. The van der Waals surface area contributed by atoms with E-state index < -0.39 is 0 Å². The third-order valence-electron chi connectivity index (χ3n) is 2.16. The smallest absolute Gasteiger partial charge is 0.128 e. The number of nitrogens with zero attached hydrogens (tertiary/aromatic N) is 2. The molecule has 0 N–H and O–H groups in total. The van der Waals surface area contributed by atoms with Crippen LogP contribution in [0.3, 0.4) is 0 Å². The van der Waals surface area contributed by atoms with Crippen LogP contribution in [0.5, 0.6) is 0 Å². The van der Waals surface area contributed by atoms with Crippen molar-refractivity contribution in [1.29, 1.82) is 0 Å². The van der Waals surface area contributed by atoms with Gasteiger partial charge in [0.15, 0.2) is 0 Å². The van der Waals surface area contributed by atoms with E-state index in [1.54, 1.807) is 0 Å². The van der Waals surface area contributed by atoms with Crippen LogP contribution >= 0.6 is 15.9 Å². The molecule has 0 unspecified atom stereocenters. The Labute approximate surface area is 97.5 Å². The molecule has 0 fully saturated rings. The van der Waals surface area contributed by atoms with Crippen LogP contribution < -0.4 is 0 Å². The van der Waals surface area contributed by atoms with E-state index in [-0.39, 0.29) is 0 Å². The lowest BCUT2D eigenvalue weighted by atomic mass is 10.1. The Bertz CT molecular complexity index is 454. The Morgan fingerprint density at radius 2 is 1.93 bits per heavy atom. The summed E-state index contributed by atoms with van der Waals surface area (Å²) in [5.74, 6) is 0.872. The molecular weight excluding hydrogens is 252 g/mol. The highest BCUT2D eigenvalue weighted by Gasteiger charge is 2.05. The molecule has 2 rings (SSSR count). The van der Waals surface area contributed by atoms with Crippen molar-refractivity contribution in [3.8, 4) is 11.3 Å². The van der Waals surface area contributed by atoms with Crippen molar-refractivity contribution in [3.63, 3.8) is 0 Å². The first kappa shape index (κ1) is 10.3. The molecule has 3 heteroatoms. The van der Waals surface area contributed by atoms with Crippen LogP contribution in [0.1, 0.15) is 12.7 Å². The summed E-state index contributed by atoms with van der Waals surface area (Å²) >= 11 is 3.47. The van der Waals surface area contributed by atoms with Crippen LogP contribution in [0, 0.1) is 0 Å². The topological polar surface area (TPSA) is 25.8 Å². The highest BCUT2D eigenvalue weighted by molar-refractivity contribution is 9.10. The second-order valence-electron chi connectivity index (χ2n) is 3.20. The van der Waals surface area contributed by atoms with E-state index in [9.17, 15) is 0 Å². The lowest BCUT2D eigenvalue weighted by molar-refractivity contribution is 0.938. The number of hydrogen-bond donors (Lipinski definition) is 0. The molecule has 2 aromatic rings. The van der Waals surface area contributed by atoms with Gasteiger partial charge in [-0.1, -0.05) is 37.3 Å². The molecule has 2 nitrogen and oxygen atoms in total. The fourth-order valence-corrected chi connectivity index (χ4v) is 1.79. The van der Waals surface area contributed by atoms with Gasteiger partial charge in [0.1, 0.15) is 5.82 Å². The van der Waals surface area contributed by atoms with E-state index in [0.29, 0.717) is 0 Å². The van der Waals surface area contributed by atoms with Gasteiger partial charge in [-0.25, -0.2) is 9.97 Å². The van der Waals surface area contributed by atoms with Gasteiger partial charge in [-0.3, -0.25) is 0 Å². The van der Waals surface area contributed by atoms with E-state index in [1.165, 1.54) is 0 Å². The van der Waals surface area contributed by atoms with Crippen molar-refractivity contribution in [2.75, 3.05) is 0 Å². The summed E-state index contributed by atoms with van der Waals surface area (Å²) in [6, 6.07) is 10.1. The Morgan fingerprint density at radius 1 is 1.20 bits per heavy atom. The Kier molecular flexibility index (Phi) is 3.11. The molecule has 0 aliphatic rings. The van der Waals surface area contributed by atoms with Crippen LogP contribution in [0.25, 0.3) is 11.3 Å². The SMILES string of the molecule is CCc1ncc(Br)c(-c2ccccc2)n1. The average Bonchev–Trinajstić information content (AvgIpc) is 2.31. The highest BCUT2D eigenvalue weighted by Crippen LogP contribution is 2.25. The van der Waals surface area contributed by atoms with Crippen LogP contribution in [-0.2, 0) is 6.42 Å². The molecule has 0 radical (unpaired) electrons. The first-order valence-corrected chi connectivity index (χ1v) is 5.67. The zero-order chi connectivity index (χ0) is 10.7. The predicted molar refractivity (Wildman–Crippen MR) is 64.5 cm³/mol. The van der Waals surface area contributed by atoms with Crippen molar-refractivity contribution in [3.05, 3.63) is 46.8 Å². The van der Waals surface area contributed by atoms with Crippen molar-refractivity contribution in [2.45, 2.75) is 13.3 Å². The zero-order valence-electron chi connectivity index (χ0n) is 8.44. The number of rotatable bonds is 2. The van der Waals surface area contributed by atoms with Crippen molar-refractivity contribution in [1.82, 2.24) is 9.97 Å². The van der Waals surface area contributed by atoms with Gasteiger partial charge in [0, 0.05) is 18.2 Å². The van der Waals surface area contributed by atoms with Gasteiger partial charge >= 0.3 is 0 Å². The maximum Gasteiger partial charge on any atom is 0.128 e. The normalized spacial score (nSPS) is 10.3. The summed E-state index contributed by atoms with van der Waals surface area (Å²) < 4.78 is 0.936. The summed E-state index contributed by atoms with van der Waals surface area (Å²) in [4.78, 5) is 8.73. The Balaban J connectivity index is 2.52. The monoisotopic (exact) mass is 262 g/mol. The van der Waals surface area contributed by atoms with Crippen molar-refractivity contribution >= 4 is 15.9 Å². The molecule has 1 heterocycles. The summed E-state index contributed by atoms with van der Waals surface area (Å²) in [6.07, 6.45) is 2.67. The second-order valence-corrected chi connectivity index (χ2v) is 4.06. The molecule has 15 heavy (non-hydrogen) atoms. The van der Waals surface area contributed by atoms with E-state index in [0.717, 1.165) is 28.0 Å². The summed E-state index contributed by atoms with van der Waals surface area (Å²) in [7, 11) is 0. The van der Waals surface area contributed by atoms with Crippen LogP contribution in [0.15, 0.2) is 41.0 Å². The maximum absolute atomic E-state index is 4.50. The van der Waals surface area contributed by atoms with Gasteiger partial charge in [0.25, 0.3) is 0 Å². The third-order valence-corrected chi connectivity index (χ3v) is 2.74. The summed E-state index contributed by atoms with van der Waals surface area (Å²) in [5, 5.41) is 0. The van der Waals surface area contributed by atoms with Gasteiger partial charge < -0.3 is 0 Å². The molecule has 0 amide bonds. The lowest BCUT2D eigenvalue weighted by Gasteiger charge is -2.04. The second kappa shape index (κ2) is 4.53. The van der Waals surface area contributed by atoms with Gasteiger partial charge in [-0.15, -0.1) is 0 Å². The largest absolute Gasteiger partial charge is 0.240 e. The van der Waals surface area contributed by atoms with Crippen LogP contribution in [0.4, 0.5) is 0 Å². The molecule has 0 aliphatic heterocycles. The van der Waals surface area contributed by atoms with E-state index in [4.69, 9.17) is 0 Å². The summed E-state index contributed by atoms with van der Waals surface area (Å²) in [6.45, 7) is 2.05.